The highest BCUT2D eigenvalue weighted by Gasteiger charge is 2.08. The molecule has 94 valence electrons. The average Bonchev–Trinajstić information content (AvgIpc) is 2.69. The fourth-order valence-electron chi connectivity index (χ4n) is 1.67. The van der Waals surface area contributed by atoms with Crippen molar-refractivity contribution >= 4 is 17.5 Å². The lowest BCUT2D eigenvalue weighted by molar-refractivity contribution is 0.0697. The minimum Gasteiger partial charge on any atom is -0.478 e. The van der Waals surface area contributed by atoms with E-state index in [1.807, 2.05) is 20.2 Å². The first-order valence-corrected chi connectivity index (χ1v) is 5.59. The van der Waals surface area contributed by atoms with E-state index in [2.05, 4.69) is 15.4 Å². The normalized spacial score (nSPS) is 10.3. The highest BCUT2D eigenvalue weighted by atomic mass is 16.4. The van der Waals surface area contributed by atoms with Gasteiger partial charge in [0.25, 0.3) is 0 Å². The van der Waals surface area contributed by atoms with Crippen LogP contribution in [0.5, 0.6) is 0 Å². The van der Waals surface area contributed by atoms with Gasteiger partial charge in [-0.1, -0.05) is 6.92 Å². The van der Waals surface area contributed by atoms with Crippen molar-refractivity contribution in [2.45, 2.75) is 13.3 Å². The molecule has 0 saturated heterocycles. The Hall–Kier alpha value is -2.37. The molecule has 18 heavy (non-hydrogen) atoms. The molecule has 6 heteroatoms. The van der Waals surface area contributed by atoms with Gasteiger partial charge in [0, 0.05) is 19.4 Å². The fraction of sp³-hybridized carbons (Fsp3) is 0.250. The Kier molecular flexibility index (Phi) is 3.27. The van der Waals surface area contributed by atoms with Gasteiger partial charge in [0.2, 0.25) is 0 Å². The molecule has 0 radical (unpaired) electrons. The van der Waals surface area contributed by atoms with Gasteiger partial charge in [-0.05, 0) is 18.6 Å². The number of aryl methyl sites for hydroxylation is 2. The van der Waals surface area contributed by atoms with E-state index in [1.54, 1.807) is 4.68 Å². The molecule has 2 heterocycles. The number of carboxylic acid groups (broad SMARTS) is 1. The minimum atomic E-state index is -0.970. The van der Waals surface area contributed by atoms with Gasteiger partial charge in [-0.15, -0.1) is 0 Å². The van der Waals surface area contributed by atoms with E-state index in [4.69, 9.17) is 5.11 Å². The summed E-state index contributed by atoms with van der Waals surface area (Å²) in [6, 6.07) is 2.95. The van der Waals surface area contributed by atoms with Crippen molar-refractivity contribution in [1.29, 1.82) is 0 Å². The lowest BCUT2D eigenvalue weighted by atomic mass is 10.2. The maximum atomic E-state index is 10.9. The van der Waals surface area contributed by atoms with Crippen molar-refractivity contribution in [3.05, 3.63) is 35.8 Å². The molecule has 0 bridgehead atoms. The van der Waals surface area contributed by atoms with Gasteiger partial charge >= 0.3 is 5.97 Å². The highest BCUT2D eigenvalue weighted by molar-refractivity contribution is 5.88. The van der Waals surface area contributed by atoms with Gasteiger partial charge in [0.1, 0.15) is 5.82 Å². The Morgan fingerprint density at radius 1 is 1.56 bits per heavy atom. The number of hydrogen-bond acceptors (Lipinski definition) is 4. The fourth-order valence-corrected chi connectivity index (χ4v) is 1.67. The quantitative estimate of drug-likeness (QED) is 0.860. The van der Waals surface area contributed by atoms with Crippen LogP contribution in [-0.2, 0) is 13.5 Å². The summed E-state index contributed by atoms with van der Waals surface area (Å²) in [7, 11) is 1.84. The van der Waals surface area contributed by atoms with Crippen LogP contribution in [0.3, 0.4) is 0 Å². The summed E-state index contributed by atoms with van der Waals surface area (Å²) in [6.07, 6.45) is 4.10. The van der Waals surface area contributed by atoms with Gasteiger partial charge in [0.15, 0.2) is 0 Å². The van der Waals surface area contributed by atoms with Crippen LogP contribution >= 0.6 is 0 Å². The van der Waals surface area contributed by atoms with Crippen molar-refractivity contribution in [2.75, 3.05) is 5.32 Å². The number of pyridine rings is 1. The first-order valence-electron chi connectivity index (χ1n) is 5.59. The molecule has 0 aliphatic rings. The van der Waals surface area contributed by atoms with Gasteiger partial charge in [0.05, 0.1) is 16.9 Å². The third-order valence-corrected chi connectivity index (χ3v) is 2.51. The summed E-state index contributed by atoms with van der Waals surface area (Å²) >= 11 is 0. The summed E-state index contributed by atoms with van der Waals surface area (Å²) in [5.74, 6) is -0.472. The number of carboxylic acids is 1. The van der Waals surface area contributed by atoms with Gasteiger partial charge in [-0.25, -0.2) is 9.78 Å². The Labute approximate surface area is 104 Å². The SMILES string of the molecule is CCc1nn(C)cc1Nc1cc(C(=O)O)ccn1. The van der Waals surface area contributed by atoms with Crippen LogP contribution in [0.4, 0.5) is 11.5 Å². The number of nitrogens with one attached hydrogen (secondary N) is 1. The molecule has 0 aliphatic heterocycles. The maximum absolute atomic E-state index is 10.9. The average molecular weight is 246 g/mol. The first kappa shape index (κ1) is 12.1. The smallest absolute Gasteiger partial charge is 0.335 e. The molecule has 2 aromatic heterocycles. The van der Waals surface area contributed by atoms with Crippen molar-refractivity contribution < 1.29 is 9.90 Å². The van der Waals surface area contributed by atoms with Crippen LogP contribution < -0.4 is 5.32 Å². The molecular formula is C12H14N4O2. The highest BCUT2D eigenvalue weighted by Crippen LogP contribution is 2.19. The second-order valence-corrected chi connectivity index (χ2v) is 3.88. The van der Waals surface area contributed by atoms with Gasteiger partial charge < -0.3 is 10.4 Å². The van der Waals surface area contributed by atoms with E-state index in [-0.39, 0.29) is 5.56 Å². The van der Waals surface area contributed by atoms with Crippen LogP contribution in [0, 0.1) is 0 Å². The number of anilines is 2. The molecule has 6 nitrogen and oxygen atoms in total. The zero-order chi connectivity index (χ0) is 13.1. The second-order valence-electron chi connectivity index (χ2n) is 3.88. The summed E-state index contributed by atoms with van der Waals surface area (Å²) in [4.78, 5) is 15.0. The third kappa shape index (κ3) is 2.48. The summed E-state index contributed by atoms with van der Waals surface area (Å²) in [5, 5.41) is 16.3. The zero-order valence-electron chi connectivity index (χ0n) is 10.2. The lowest BCUT2D eigenvalue weighted by Gasteiger charge is -2.05. The number of aromatic nitrogens is 3. The summed E-state index contributed by atoms with van der Waals surface area (Å²) in [6.45, 7) is 2.01. The standard InChI is InChI=1S/C12H14N4O2/c1-3-9-10(7-16(2)15-9)14-11-6-8(12(17)18)4-5-13-11/h4-7H,3H2,1-2H3,(H,13,14)(H,17,18). The van der Waals surface area contributed by atoms with Crippen molar-refractivity contribution in [3.63, 3.8) is 0 Å². The van der Waals surface area contributed by atoms with E-state index in [0.29, 0.717) is 5.82 Å². The molecule has 0 atom stereocenters. The molecule has 2 rings (SSSR count). The van der Waals surface area contributed by atoms with E-state index in [1.165, 1.54) is 18.3 Å². The second kappa shape index (κ2) is 4.87. The van der Waals surface area contributed by atoms with E-state index < -0.39 is 5.97 Å². The van der Waals surface area contributed by atoms with Crippen molar-refractivity contribution in [3.8, 4) is 0 Å². The number of aromatic carboxylic acids is 1. The predicted molar refractivity (Wildman–Crippen MR) is 67.1 cm³/mol. The van der Waals surface area contributed by atoms with Crippen molar-refractivity contribution in [2.24, 2.45) is 7.05 Å². The number of hydrogen-bond donors (Lipinski definition) is 2. The van der Waals surface area contributed by atoms with Crippen molar-refractivity contribution in [1.82, 2.24) is 14.8 Å². The molecular weight excluding hydrogens is 232 g/mol. The largest absolute Gasteiger partial charge is 0.478 e. The molecule has 0 aromatic carbocycles. The van der Waals surface area contributed by atoms with E-state index in [9.17, 15) is 4.79 Å². The molecule has 0 unspecified atom stereocenters. The maximum Gasteiger partial charge on any atom is 0.335 e. The molecule has 2 N–H and O–H groups in total. The molecule has 0 amide bonds. The number of nitrogens with zero attached hydrogens (tertiary/aromatic N) is 3. The monoisotopic (exact) mass is 246 g/mol. The van der Waals surface area contributed by atoms with Crippen LogP contribution in [0.1, 0.15) is 23.0 Å². The topological polar surface area (TPSA) is 80.0 Å². The Bertz CT molecular complexity index is 577. The zero-order valence-corrected chi connectivity index (χ0v) is 10.2. The van der Waals surface area contributed by atoms with Crippen LogP contribution in [-0.4, -0.2) is 25.8 Å². The molecule has 0 spiro atoms. The summed E-state index contributed by atoms with van der Waals surface area (Å²) < 4.78 is 1.71. The van der Waals surface area contributed by atoms with Gasteiger partial charge in [-0.3, -0.25) is 4.68 Å². The third-order valence-electron chi connectivity index (χ3n) is 2.51. The molecule has 0 saturated carbocycles. The van der Waals surface area contributed by atoms with Crippen LogP contribution in [0.15, 0.2) is 24.5 Å². The van der Waals surface area contributed by atoms with Crippen LogP contribution in [0.2, 0.25) is 0 Å². The van der Waals surface area contributed by atoms with E-state index in [0.717, 1.165) is 17.8 Å². The molecule has 2 aromatic rings. The number of rotatable bonds is 4. The Morgan fingerprint density at radius 3 is 3.00 bits per heavy atom. The minimum absolute atomic E-state index is 0.203. The molecule has 0 aliphatic carbocycles. The first-order chi connectivity index (χ1) is 8.60. The Balaban J connectivity index is 2.28. The molecule has 0 fully saturated rings. The van der Waals surface area contributed by atoms with Crippen LogP contribution in [0.25, 0.3) is 0 Å². The summed E-state index contributed by atoms with van der Waals surface area (Å²) in [5.41, 5.74) is 1.96. The number of carbonyl (C=O) groups is 1. The van der Waals surface area contributed by atoms with E-state index >= 15 is 0 Å². The Morgan fingerprint density at radius 2 is 2.33 bits per heavy atom. The predicted octanol–water partition coefficient (Wildman–Crippen LogP) is 1.82. The lowest BCUT2D eigenvalue weighted by Crippen LogP contribution is -2.00. The van der Waals surface area contributed by atoms with Gasteiger partial charge in [-0.2, -0.15) is 5.10 Å².